The van der Waals surface area contributed by atoms with Crippen LogP contribution in [0, 0.1) is 27.7 Å². The fraction of sp³-hybridized carbons (Fsp3) is 0.278. The van der Waals surface area contributed by atoms with E-state index in [-0.39, 0.29) is 0 Å². The number of nitrogens with zero attached hydrogens (tertiary/aromatic N) is 1. The van der Waals surface area contributed by atoms with Crippen molar-refractivity contribution in [2.24, 2.45) is 0 Å². The molecule has 1 N–H and O–H groups in total. The number of hydrogen-bond donors (Lipinski definition) is 1. The molecule has 0 saturated heterocycles. The fourth-order valence-corrected chi connectivity index (χ4v) is 2.66. The molecule has 0 amide bonds. The Bertz CT molecular complexity index is 802. The van der Waals surface area contributed by atoms with E-state index in [4.69, 9.17) is 4.74 Å². The molecule has 2 aromatic heterocycles. The van der Waals surface area contributed by atoms with Crippen molar-refractivity contribution in [1.29, 1.82) is 0 Å². The maximum atomic E-state index is 5.95. The smallest absolute Gasteiger partial charge is 0.132 e. The fourth-order valence-electron chi connectivity index (χ4n) is 2.66. The predicted octanol–water partition coefficient (Wildman–Crippen LogP) is 4.38. The van der Waals surface area contributed by atoms with E-state index in [0.29, 0.717) is 6.61 Å². The van der Waals surface area contributed by atoms with E-state index in [9.17, 15) is 0 Å². The van der Waals surface area contributed by atoms with Gasteiger partial charge in [-0.1, -0.05) is 17.7 Å². The molecule has 3 heteroatoms. The normalized spacial score (nSPS) is 11.0. The Morgan fingerprint density at radius 3 is 2.67 bits per heavy atom. The molecule has 0 radical (unpaired) electrons. The minimum atomic E-state index is 0.473. The van der Waals surface area contributed by atoms with Crippen LogP contribution in [0.1, 0.15) is 28.1 Å². The molecule has 0 spiro atoms. The van der Waals surface area contributed by atoms with E-state index in [0.717, 1.165) is 22.5 Å². The number of rotatable bonds is 3. The van der Waals surface area contributed by atoms with Gasteiger partial charge in [0.25, 0.3) is 0 Å². The summed E-state index contributed by atoms with van der Waals surface area (Å²) in [5.41, 5.74) is 6.89. The van der Waals surface area contributed by atoms with Gasteiger partial charge in [-0.25, -0.2) is 0 Å². The molecular weight excluding hydrogens is 260 g/mol. The Kier molecular flexibility index (Phi) is 3.42. The molecule has 21 heavy (non-hydrogen) atoms. The highest BCUT2D eigenvalue weighted by atomic mass is 16.5. The summed E-state index contributed by atoms with van der Waals surface area (Å²) in [5, 5.41) is 1.22. The number of H-pyrrole nitrogens is 1. The molecule has 1 aromatic carbocycles. The van der Waals surface area contributed by atoms with Crippen LogP contribution in [-0.2, 0) is 6.61 Å². The van der Waals surface area contributed by atoms with Gasteiger partial charge in [0.2, 0.25) is 0 Å². The monoisotopic (exact) mass is 280 g/mol. The Morgan fingerprint density at radius 2 is 1.90 bits per heavy atom. The number of nitrogens with one attached hydrogen (secondary N) is 1. The zero-order valence-electron chi connectivity index (χ0n) is 12.9. The van der Waals surface area contributed by atoms with Crippen LogP contribution in [0.4, 0.5) is 0 Å². The van der Waals surface area contributed by atoms with Gasteiger partial charge in [-0.2, -0.15) is 0 Å². The van der Waals surface area contributed by atoms with Gasteiger partial charge in [0, 0.05) is 17.3 Å². The number of benzene rings is 1. The molecule has 3 rings (SSSR count). The maximum absolute atomic E-state index is 5.95. The average molecular weight is 280 g/mol. The summed E-state index contributed by atoms with van der Waals surface area (Å²) < 4.78 is 5.95. The van der Waals surface area contributed by atoms with Crippen LogP contribution in [0.5, 0.6) is 5.75 Å². The number of aromatic amines is 1. The summed E-state index contributed by atoms with van der Waals surface area (Å²) in [5.74, 6) is 0.916. The van der Waals surface area contributed by atoms with Gasteiger partial charge in [0.05, 0.1) is 5.52 Å². The van der Waals surface area contributed by atoms with Crippen molar-refractivity contribution in [2.75, 3.05) is 0 Å². The zero-order chi connectivity index (χ0) is 15.0. The molecular formula is C18H20N2O. The molecule has 0 bridgehead atoms. The number of pyridine rings is 1. The van der Waals surface area contributed by atoms with Crippen molar-refractivity contribution >= 4 is 10.9 Å². The molecule has 0 aliphatic rings. The van der Waals surface area contributed by atoms with E-state index in [1.54, 1.807) is 0 Å². The number of aromatic nitrogens is 2. The Morgan fingerprint density at radius 1 is 1.10 bits per heavy atom. The third-order valence-corrected chi connectivity index (χ3v) is 4.00. The molecule has 0 unspecified atom stereocenters. The van der Waals surface area contributed by atoms with Gasteiger partial charge < -0.3 is 9.72 Å². The van der Waals surface area contributed by atoms with Gasteiger partial charge in [-0.15, -0.1) is 0 Å². The van der Waals surface area contributed by atoms with Crippen LogP contribution < -0.4 is 4.74 Å². The highest BCUT2D eigenvalue weighted by molar-refractivity contribution is 5.85. The highest BCUT2D eigenvalue weighted by Crippen LogP contribution is 2.25. The maximum Gasteiger partial charge on any atom is 0.132 e. The van der Waals surface area contributed by atoms with E-state index in [2.05, 4.69) is 55.9 Å². The molecule has 0 saturated carbocycles. The first kappa shape index (κ1) is 13.7. The zero-order valence-corrected chi connectivity index (χ0v) is 12.9. The van der Waals surface area contributed by atoms with Crippen LogP contribution in [0.25, 0.3) is 10.9 Å². The van der Waals surface area contributed by atoms with Crippen LogP contribution in [-0.4, -0.2) is 9.97 Å². The Labute approximate surface area is 125 Å². The summed E-state index contributed by atoms with van der Waals surface area (Å²) in [6.45, 7) is 8.84. The first-order valence-corrected chi connectivity index (χ1v) is 7.19. The third-order valence-electron chi connectivity index (χ3n) is 4.00. The third kappa shape index (κ3) is 2.51. The summed E-state index contributed by atoms with van der Waals surface area (Å²) in [6.07, 6.45) is 1.85. The van der Waals surface area contributed by atoms with Crippen LogP contribution in [0.2, 0.25) is 0 Å². The van der Waals surface area contributed by atoms with Crippen LogP contribution in [0.15, 0.2) is 30.5 Å². The summed E-state index contributed by atoms with van der Waals surface area (Å²) >= 11 is 0. The average Bonchev–Trinajstić information content (AvgIpc) is 2.74. The van der Waals surface area contributed by atoms with Crippen LogP contribution in [0.3, 0.4) is 0 Å². The molecule has 108 valence electrons. The van der Waals surface area contributed by atoms with Crippen LogP contribution >= 0.6 is 0 Å². The number of ether oxygens (including phenoxy) is 1. The lowest BCUT2D eigenvalue weighted by atomic mass is 10.1. The van der Waals surface area contributed by atoms with E-state index >= 15 is 0 Å². The largest absolute Gasteiger partial charge is 0.487 e. The lowest BCUT2D eigenvalue weighted by Crippen LogP contribution is -2.00. The quantitative estimate of drug-likeness (QED) is 0.773. The summed E-state index contributed by atoms with van der Waals surface area (Å²) in [4.78, 5) is 7.88. The molecule has 3 nitrogen and oxygen atoms in total. The summed E-state index contributed by atoms with van der Waals surface area (Å²) in [6, 6.07) is 8.27. The lowest BCUT2D eigenvalue weighted by Gasteiger charge is -2.10. The van der Waals surface area contributed by atoms with Crippen molar-refractivity contribution in [1.82, 2.24) is 9.97 Å². The van der Waals surface area contributed by atoms with Gasteiger partial charge in [0.15, 0.2) is 0 Å². The topological polar surface area (TPSA) is 37.9 Å². The molecule has 2 heterocycles. The van der Waals surface area contributed by atoms with Crippen molar-refractivity contribution in [2.45, 2.75) is 34.3 Å². The molecule has 0 aliphatic carbocycles. The minimum absolute atomic E-state index is 0.473. The second-order valence-electron chi connectivity index (χ2n) is 5.61. The first-order chi connectivity index (χ1) is 10.1. The predicted molar refractivity (Wildman–Crippen MR) is 85.8 cm³/mol. The van der Waals surface area contributed by atoms with E-state index < -0.39 is 0 Å². The number of aryl methyl sites for hydroxylation is 4. The van der Waals surface area contributed by atoms with Gasteiger partial charge in [-0.05, 0) is 51.0 Å². The minimum Gasteiger partial charge on any atom is -0.487 e. The number of fused-ring (bicyclic) bond motifs is 1. The van der Waals surface area contributed by atoms with Crippen molar-refractivity contribution in [3.05, 3.63) is 58.5 Å². The van der Waals surface area contributed by atoms with Gasteiger partial charge in [0.1, 0.15) is 18.1 Å². The van der Waals surface area contributed by atoms with Gasteiger partial charge >= 0.3 is 0 Å². The number of hydrogen-bond acceptors (Lipinski definition) is 2. The molecule has 0 atom stereocenters. The molecule has 3 aromatic rings. The highest BCUT2D eigenvalue weighted by Gasteiger charge is 2.10. The standard InChI is InChI=1S/C18H20N2O/c1-11-5-6-17(12(2)9-11)21-10-16-18-15(7-8-19-16)13(3)14(4)20-18/h5-9,20H,10H2,1-4H3. The Balaban J connectivity index is 1.90. The van der Waals surface area contributed by atoms with Crippen molar-refractivity contribution < 1.29 is 4.74 Å². The SMILES string of the molecule is Cc1ccc(OCc2nccc3c(C)c(C)[nH]c23)c(C)c1. The van der Waals surface area contributed by atoms with Crippen molar-refractivity contribution in [3.63, 3.8) is 0 Å². The Hall–Kier alpha value is -2.29. The van der Waals surface area contributed by atoms with Crippen molar-refractivity contribution in [3.8, 4) is 5.75 Å². The molecule has 0 fully saturated rings. The lowest BCUT2D eigenvalue weighted by molar-refractivity contribution is 0.300. The first-order valence-electron chi connectivity index (χ1n) is 7.19. The van der Waals surface area contributed by atoms with E-state index in [1.165, 1.54) is 22.2 Å². The summed E-state index contributed by atoms with van der Waals surface area (Å²) in [7, 11) is 0. The molecule has 0 aliphatic heterocycles. The van der Waals surface area contributed by atoms with Gasteiger partial charge in [-0.3, -0.25) is 4.98 Å². The second kappa shape index (κ2) is 5.24. The second-order valence-corrected chi connectivity index (χ2v) is 5.61. The van der Waals surface area contributed by atoms with E-state index in [1.807, 2.05) is 12.3 Å².